The van der Waals surface area contributed by atoms with Crippen LogP contribution < -0.4 is 0 Å². The van der Waals surface area contributed by atoms with Crippen LogP contribution in [-0.4, -0.2) is 36.2 Å². The molecule has 1 saturated heterocycles. The van der Waals surface area contributed by atoms with Crippen molar-refractivity contribution in [2.24, 2.45) is 0 Å². The maximum absolute atomic E-state index is 12.2. The van der Waals surface area contributed by atoms with E-state index >= 15 is 0 Å². The van der Waals surface area contributed by atoms with Gasteiger partial charge in [0, 0.05) is 6.42 Å². The summed E-state index contributed by atoms with van der Waals surface area (Å²) in [5.41, 5.74) is 0.793. The Morgan fingerprint density at radius 3 is 2.76 bits per heavy atom. The van der Waals surface area contributed by atoms with Crippen LogP contribution >= 0.6 is 0 Å². The Balaban J connectivity index is 1.89. The van der Waals surface area contributed by atoms with Gasteiger partial charge in [-0.1, -0.05) is 30.3 Å². The predicted molar refractivity (Wildman–Crippen MR) is 68.5 cm³/mol. The molecule has 0 aliphatic carbocycles. The summed E-state index contributed by atoms with van der Waals surface area (Å²) in [6, 6.07) is 8.01. The number of carbonyl (C=O) groups is 2. The summed E-state index contributed by atoms with van der Waals surface area (Å²) in [5.74, 6) is -0.674. The molecule has 1 aliphatic rings. The van der Waals surface area contributed by atoms with Crippen molar-refractivity contribution >= 4 is 12.1 Å². The van der Waals surface area contributed by atoms with E-state index in [1.807, 2.05) is 6.07 Å². The van der Waals surface area contributed by atoms with Gasteiger partial charge in [0.15, 0.2) is 6.73 Å². The fraction of sp³-hybridized carbons (Fsp3) is 0.429. The Morgan fingerprint density at radius 1 is 1.38 bits per heavy atom. The van der Waals surface area contributed by atoms with Crippen LogP contribution in [0.15, 0.2) is 30.3 Å². The van der Waals surface area contributed by atoms with Gasteiger partial charge in [-0.25, -0.2) is 18.4 Å². The van der Waals surface area contributed by atoms with Crippen LogP contribution in [0.5, 0.6) is 0 Å². The number of ether oxygens (including phenoxy) is 2. The van der Waals surface area contributed by atoms with Crippen molar-refractivity contribution in [2.75, 3.05) is 6.73 Å². The van der Waals surface area contributed by atoms with E-state index < -0.39 is 31.0 Å². The van der Waals surface area contributed by atoms with E-state index in [1.165, 1.54) is 0 Å². The lowest BCUT2D eigenvalue weighted by atomic mass is 10.1. The fourth-order valence-corrected chi connectivity index (χ4v) is 1.99. The van der Waals surface area contributed by atoms with Gasteiger partial charge in [0.2, 0.25) is 6.43 Å². The van der Waals surface area contributed by atoms with Crippen LogP contribution in [0.3, 0.4) is 0 Å². The molecule has 21 heavy (non-hydrogen) atoms. The molecule has 1 aromatic rings. The number of halogens is 2. The first-order chi connectivity index (χ1) is 10.1. The minimum absolute atomic E-state index is 0.0476. The average molecular weight is 299 g/mol. The molecule has 1 unspecified atom stereocenters. The topological polar surface area (TPSA) is 55.8 Å². The third-order valence-electron chi connectivity index (χ3n) is 3.09. The highest BCUT2D eigenvalue weighted by molar-refractivity contribution is 5.83. The Kier molecular flexibility index (Phi) is 5.08. The van der Waals surface area contributed by atoms with Crippen LogP contribution in [-0.2, 0) is 20.9 Å². The number of hydrogen-bond donors (Lipinski definition) is 0. The number of cyclic esters (lactones) is 1. The number of carbonyl (C=O) groups excluding carboxylic acids is 2. The molecular formula is C14H15F2NO4. The molecule has 1 fully saturated rings. The zero-order valence-corrected chi connectivity index (χ0v) is 11.2. The van der Waals surface area contributed by atoms with Crippen LogP contribution in [0.2, 0.25) is 0 Å². The van der Waals surface area contributed by atoms with E-state index in [0.717, 1.165) is 10.5 Å². The van der Waals surface area contributed by atoms with Gasteiger partial charge < -0.3 is 9.47 Å². The maximum Gasteiger partial charge on any atom is 0.413 e. The maximum atomic E-state index is 12.2. The molecule has 0 spiro atoms. The van der Waals surface area contributed by atoms with Crippen molar-refractivity contribution in [3.05, 3.63) is 35.9 Å². The average Bonchev–Trinajstić information content (AvgIpc) is 2.85. The molecule has 2 rings (SSSR count). The predicted octanol–water partition coefficient (Wildman–Crippen LogP) is 2.55. The standard InChI is InChI=1S/C14H15F2NO4/c15-12(16)7-6-11-13(18)21-9-17(11)14(19)20-8-10-4-2-1-3-5-10/h1-5,11-12H,6-9H2. The van der Waals surface area contributed by atoms with Gasteiger partial charge in [-0.3, -0.25) is 4.90 Å². The second-order valence-corrected chi connectivity index (χ2v) is 4.59. The Morgan fingerprint density at radius 2 is 2.10 bits per heavy atom. The number of nitrogens with zero attached hydrogens (tertiary/aromatic N) is 1. The normalized spacial score (nSPS) is 18.0. The molecule has 7 heteroatoms. The lowest BCUT2D eigenvalue weighted by Gasteiger charge is -2.19. The van der Waals surface area contributed by atoms with Gasteiger partial charge in [-0.15, -0.1) is 0 Å². The van der Waals surface area contributed by atoms with E-state index in [9.17, 15) is 18.4 Å². The zero-order valence-electron chi connectivity index (χ0n) is 11.2. The van der Waals surface area contributed by atoms with Crippen molar-refractivity contribution in [2.45, 2.75) is 31.9 Å². The Hall–Kier alpha value is -2.18. The van der Waals surface area contributed by atoms with Gasteiger partial charge >= 0.3 is 12.1 Å². The molecular weight excluding hydrogens is 284 g/mol. The molecule has 1 heterocycles. The summed E-state index contributed by atoms with van der Waals surface area (Å²) in [4.78, 5) is 24.4. The molecule has 0 saturated carbocycles. The van der Waals surface area contributed by atoms with Crippen molar-refractivity contribution < 1.29 is 27.8 Å². The lowest BCUT2D eigenvalue weighted by molar-refractivity contribution is -0.139. The first-order valence-electron chi connectivity index (χ1n) is 6.50. The summed E-state index contributed by atoms with van der Waals surface area (Å²) in [5, 5.41) is 0. The van der Waals surface area contributed by atoms with Crippen molar-refractivity contribution in [3.8, 4) is 0 Å². The van der Waals surface area contributed by atoms with E-state index in [0.29, 0.717) is 0 Å². The number of alkyl halides is 2. The van der Waals surface area contributed by atoms with Crippen molar-refractivity contribution in [1.82, 2.24) is 4.90 Å². The number of benzene rings is 1. The van der Waals surface area contributed by atoms with Crippen LogP contribution in [0.25, 0.3) is 0 Å². The highest BCUT2D eigenvalue weighted by atomic mass is 19.3. The summed E-state index contributed by atoms with van der Waals surface area (Å²) < 4.78 is 34.2. The quantitative estimate of drug-likeness (QED) is 0.784. The third kappa shape index (κ3) is 4.14. The molecule has 0 N–H and O–H groups in total. The molecule has 114 valence electrons. The van der Waals surface area contributed by atoms with Crippen molar-refractivity contribution in [1.29, 1.82) is 0 Å². The number of hydrogen-bond acceptors (Lipinski definition) is 4. The minimum Gasteiger partial charge on any atom is -0.444 e. The van der Waals surface area contributed by atoms with Gasteiger partial charge in [0.1, 0.15) is 12.6 Å². The first-order valence-corrected chi connectivity index (χ1v) is 6.50. The van der Waals surface area contributed by atoms with Gasteiger partial charge in [-0.2, -0.15) is 0 Å². The summed E-state index contributed by atoms with van der Waals surface area (Å²) in [6.45, 7) is -0.216. The van der Waals surface area contributed by atoms with Gasteiger partial charge in [0.05, 0.1) is 0 Å². The van der Waals surface area contributed by atoms with Gasteiger partial charge in [-0.05, 0) is 12.0 Å². The summed E-state index contributed by atoms with van der Waals surface area (Å²) in [6.07, 6.45) is -3.89. The lowest BCUT2D eigenvalue weighted by Crippen LogP contribution is -2.38. The van der Waals surface area contributed by atoms with E-state index in [-0.39, 0.29) is 19.8 Å². The Labute approximate surface area is 120 Å². The largest absolute Gasteiger partial charge is 0.444 e. The molecule has 1 aromatic carbocycles. The monoisotopic (exact) mass is 299 g/mol. The van der Waals surface area contributed by atoms with Crippen LogP contribution in [0, 0.1) is 0 Å². The molecule has 0 bridgehead atoms. The van der Waals surface area contributed by atoms with Gasteiger partial charge in [0.25, 0.3) is 0 Å². The van der Waals surface area contributed by atoms with E-state index in [2.05, 4.69) is 0 Å². The summed E-state index contributed by atoms with van der Waals surface area (Å²) in [7, 11) is 0. The van der Waals surface area contributed by atoms with Crippen LogP contribution in [0.1, 0.15) is 18.4 Å². The second kappa shape index (κ2) is 7.01. The number of amides is 1. The second-order valence-electron chi connectivity index (χ2n) is 4.59. The van der Waals surface area contributed by atoms with E-state index in [4.69, 9.17) is 9.47 Å². The molecule has 1 amide bonds. The van der Waals surface area contributed by atoms with E-state index in [1.54, 1.807) is 24.3 Å². The highest BCUT2D eigenvalue weighted by Gasteiger charge is 2.38. The molecule has 1 atom stereocenters. The highest BCUT2D eigenvalue weighted by Crippen LogP contribution is 2.20. The Bertz CT molecular complexity index is 495. The molecule has 0 aromatic heterocycles. The third-order valence-corrected chi connectivity index (χ3v) is 3.09. The smallest absolute Gasteiger partial charge is 0.413 e. The zero-order chi connectivity index (χ0) is 15.2. The molecule has 5 nitrogen and oxygen atoms in total. The van der Waals surface area contributed by atoms with Crippen LogP contribution in [0.4, 0.5) is 13.6 Å². The summed E-state index contributed by atoms with van der Waals surface area (Å²) >= 11 is 0. The fourth-order valence-electron chi connectivity index (χ4n) is 1.99. The molecule has 0 radical (unpaired) electrons. The number of esters is 1. The SMILES string of the molecule is O=C1OCN(C(=O)OCc2ccccc2)C1CCC(F)F. The number of rotatable bonds is 5. The minimum atomic E-state index is -2.53. The molecule has 1 aliphatic heterocycles. The first kappa shape index (κ1) is 15.2. The van der Waals surface area contributed by atoms with Crippen molar-refractivity contribution in [3.63, 3.8) is 0 Å².